The normalized spacial score (nSPS) is 17.8. The van der Waals surface area contributed by atoms with E-state index in [1.165, 1.54) is 0 Å². The van der Waals surface area contributed by atoms with Crippen LogP contribution in [0.5, 0.6) is 0 Å². The summed E-state index contributed by atoms with van der Waals surface area (Å²) in [7, 11) is 1.78. The number of hydrogen-bond acceptors (Lipinski definition) is 7. The number of nitrogens with zero attached hydrogens (tertiary/aromatic N) is 4. The van der Waals surface area contributed by atoms with Crippen LogP contribution >= 0.6 is 0 Å². The Balaban J connectivity index is 1.73. The van der Waals surface area contributed by atoms with Crippen LogP contribution in [0.4, 0.5) is 5.82 Å². The number of rotatable bonds is 5. The van der Waals surface area contributed by atoms with Crippen LogP contribution < -0.4 is 5.32 Å². The van der Waals surface area contributed by atoms with Crippen molar-refractivity contribution in [2.75, 3.05) is 32.1 Å². The molecule has 0 spiro atoms. The number of carbonyl (C=O) groups is 1. The third-order valence-electron chi connectivity index (χ3n) is 3.90. The molecule has 3 rings (SSSR count). The number of ether oxygens (including phenoxy) is 1. The number of anilines is 1. The van der Waals surface area contributed by atoms with Crippen LogP contribution in [0, 0.1) is 0 Å². The maximum atomic E-state index is 12.6. The van der Waals surface area contributed by atoms with Crippen LogP contribution in [0.2, 0.25) is 0 Å². The molecule has 0 aliphatic carbocycles. The summed E-state index contributed by atoms with van der Waals surface area (Å²) in [6.07, 6.45) is 4.64. The van der Waals surface area contributed by atoms with Gasteiger partial charge in [-0.2, -0.15) is 0 Å². The first-order valence-corrected chi connectivity index (χ1v) is 8.08. The fourth-order valence-corrected chi connectivity index (χ4v) is 2.72. The summed E-state index contributed by atoms with van der Waals surface area (Å²) in [4.78, 5) is 22.9. The number of morpholine rings is 1. The molecule has 8 nitrogen and oxygen atoms in total. The summed E-state index contributed by atoms with van der Waals surface area (Å²) in [6.45, 7) is 3.41. The van der Waals surface area contributed by atoms with Gasteiger partial charge in [0.15, 0.2) is 5.69 Å². The molecule has 1 saturated heterocycles. The molecule has 0 saturated carbocycles. The van der Waals surface area contributed by atoms with Crippen LogP contribution in [0.1, 0.15) is 41.4 Å². The van der Waals surface area contributed by atoms with Gasteiger partial charge in [-0.1, -0.05) is 12.1 Å². The molecule has 1 N–H and O–H groups in total. The van der Waals surface area contributed by atoms with Crippen molar-refractivity contribution in [3.63, 3.8) is 0 Å². The van der Waals surface area contributed by atoms with E-state index in [0.29, 0.717) is 36.9 Å². The molecular weight excluding hydrogens is 310 g/mol. The number of aromatic nitrogens is 3. The van der Waals surface area contributed by atoms with Crippen LogP contribution in [0.3, 0.4) is 0 Å². The quantitative estimate of drug-likeness (QED) is 0.890. The minimum atomic E-state index is -0.319. The first-order chi connectivity index (χ1) is 11.7. The van der Waals surface area contributed by atoms with Gasteiger partial charge in [-0.3, -0.25) is 9.78 Å². The van der Waals surface area contributed by atoms with Gasteiger partial charge in [0.2, 0.25) is 0 Å². The average molecular weight is 331 g/mol. The van der Waals surface area contributed by atoms with Crippen molar-refractivity contribution in [3.8, 4) is 0 Å². The van der Waals surface area contributed by atoms with Crippen LogP contribution in [0.15, 0.2) is 23.0 Å². The summed E-state index contributed by atoms with van der Waals surface area (Å²) >= 11 is 0. The SMILES string of the molecule is CCCc1cc(C(=O)N2CCO[C@@H](c3nccnc3NC)C2)no1. The largest absolute Gasteiger partial charge is 0.372 e. The standard InChI is InChI=1S/C16H21N5O3/c1-3-4-11-9-12(20-24-11)16(22)21-7-8-23-13(10-21)14-15(17-2)19-6-5-18-14/h5-6,9,13H,3-4,7-8,10H2,1-2H3,(H,17,19)/t13-/m1/s1. The van der Waals surface area contributed by atoms with Gasteiger partial charge in [-0.05, 0) is 6.42 Å². The fourth-order valence-electron chi connectivity index (χ4n) is 2.72. The van der Waals surface area contributed by atoms with E-state index in [4.69, 9.17) is 9.26 Å². The number of hydrogen-bond donors (Lipinski definition) is 1. The van der Waals surface area contributed by atoms with Gasteiger partial charge in [0.1, 0.15) is 23.4 Å². The molecule has 128 valence electrons. The highest BCUT2D eigenvalue weighted by Gasteiger charge is 2.30. The Morgan fingerprint density at radius 2 is 2.25 bits per heavy atom. The number of carbonyl (C=O) groups excluding carboxylic acids is 1. The molecule has 2 aromatic rings. The van der Waals surface area contributed by atoms with Crippen molar-refractivity contribution in [1.29, 1.82) is 0 Å². The van der Waals surface area contributed by atoms with E-state index in [1.807, 2.05) is 0 Å². The molecule has 3 heterocycles. The Morgan fingerprint density at radius 1 is 1.42 bits per heavy atom. The van der Waals surface area contributed by atoms with Crippen molar-refractivity contribution >= 4 is 11.7 Å². The van der Waals surface area contributed by atoms with Gasteiger partial charge in [0.25, 0.3) is 5.91 Å². The van der Waals surface area contributed by atoms with Crippen molar-refractivity contribution in [2.24, 2.45) is 0 Å². The first-order valence-electron chi connectivity index (χ1n) is 8.08. The van der Waals surface area contributed by atoms with Crippen molar-refractivity contribution in [1.82, 2.24) is 20.0 Å². The van der Waals surface area contributed by atoms with Gasteiger partial charge in [0, 0.05) is 38.5 Å². The number of nitrogens with one attached hydrogen (secondary N) is 1. The average Bonchev–Trinajstić information content (AvgIpc) is 3.10. The number of aryl methyl sites for hydroxylation is 1. The zero-order valence-corrected chi connectivity index (χ0v) is 13.9. The maximum Gasteiger partial charge on any atom is 0.276 e. The number of amides is 1. The summed E-state index contributed by atoms with van der Waals surface area (Å²) in [5, 5.41) is 6.90. The van der Waals surface area contributed by atoms with Crippen LogP contribution in [0.25, 0.3) is 0 Å². The second-order valence-electron chi connectivity index (χ2n) is 5.58. The highest BCUT2D eigenvalue weighted by Crippen LogP contribution is 2.25. The molecule has 1 aliphatic heterocycles. The molecule has 8 heteroatoms. The molecule has 1 atom stereocenters. The lowest BCUT2D eigenvalue weighted by Crippen LogP contribution is -2.42. The second-order valence-corrected chi connectivity index (χ2v) is 5.58. The van der Waals surface area contributed by atoms with E-state index in [9.17, 15) is 4.79 Å². The molecule has 0 aromatic carbocycles. The second kappa shape index (κ2) is 7.39. The highest BCUT2D eigenvalue weighted by molar-refractivity contribution is 5.92. The molecular formula is C16H21N5O3. The predicted octanol–water partition coefficient (Wildman–Crippen LogP) is 1.67. The van der Waals surface area contributed by atoms with Crippen molar-refractivity contribution < 1.29 is 14.1 Å². The van der Waals surface area contributed by atoms with E-state index in [2.05, 4.69) is 27.4 Å². The maximum absolute atomic E-state index is 12.6. The minimum Gasteiger partial charge on any atom is -0.372 e. The Hall–Kier alpha value is -2.48. The summed E-state index contributed by atoms with van der Waals surface area (Å²) < 4.78 is 11.0. The molecule has 0 bridgehead atoms. The molecule has 0 unspecified atom stereocenters. The van der Waals surface area contributed by atoms with Gasteiger partial charge in [0.05, 0.1) is 13.2 Å². The van der Waals surface area contributed by atoms with E-state index < -0.39 is 0 Å². The predicted molar refractivity (Wildman–Crippen MR) is 86.7 cm³/mol. The van der Waals surface area contributed by atoms with Gasteiger partial charge in [-0.25, -0.2) is 4.98 Å². The van der Waals surface area contributed by atoms with Crippen LogP contribution in [-0.4, -0.2) is 52.7 Å². The molecule has 1 fully saturated rings. The zero-order chi connectivity index (χ0) is 16.9. The highest BCUT2D eigenvalue weighted by atomic mass is 16.5. The minimum absolute atomic E-state index is 0.149. The lowest BCUT2D eigenvalue weighted by atomic mass is 10.1. The monoisotopic (exact) mass is 331 g/mol. The van der Waals surface area contributed by atoms with Crippen LogP contribution in [-0.2, 0) is 11.2 Å². The van der Waals surface area contributed by atoms with E-state index in [1.54, 1.807) is 30.4 Å². The fraction of sp³-hybridized carbons (Fsp3) is 0.500. The Kier molecular flexibility index (Phi) is 5.05. The summed E-state index contributed by atoms with van der Waals surface area (Å²) in [5.74, 6) is 1.24. The Bertz CT molecular complexity index is 703. The Labute approximate surface area is 140 Å². The molecule has 0 radical (unpaired) electrons. The molecule has 2 aromatic heterocycles. The summed E-state index contributed by atoms with van der Waals surface area (Å²) in [5.41, 5.74) is 1.04. The third kappa shape index (κ3) is 3.38. The molecule has 1 aliphatic rings. The molecule has 24 heavy (non-hydrogen) atoms. The first kappa shape index (κ1) is 16.4. The van der Waals surface area contributed by atoms with Gasteiger partial charge >= 0.3 is 0 Å². The lowest BCUT2D eigenvalue weighted by molar-refractivity contribution is -0.0248. The van der Waals surface area contributed by atoms with Crippen molar-refractivity contribution in [3.05, 3.63) is 35.6 Å². The van der Waals surface area contributed by atoms with E-state index >= 15 is 0 Å². The van der Waals surface area contributed by atoms with E-state index in [-0.39, 0.29) is 12.0 Å². The third-order valence-corrected chi connectivity index (χ3v) is 3.90. The molecule has 1 amide bonds. The smallest absolute Gasteiger partial charge is 0.276 e. The topological polar surface area (TPSA) is 93.4 Å². The zero-order valence-electron chi connectivity index (χ0n) is 13.9. The van der Waals surface area contributed by atoms with E-state index in [0.717, 1.165) is 18.6 Å². The van der Waals surface area contributed by atoms with Crippen molar-refractivity contribution in [2.45, 2.75) is 25.9 Å². The summed E-state index contributed by atoms with van der Waals surface area (Å²) in [6, 6.07) is 1.72. The van der Waals surface area contributed by atoms with Gasteiger partial charge in [-0.15, -0.1) is 0 Å². The Morgan fingerprint density at radius 3 is 3.04 bits per heavy atom. The van der Waals surface area contributed by atoms with Gasteiger partial charge < -0.3 is 19.5 Å². The lowest BCUT2D eigenvalue weighted by Gasteiger charge is -2.32.